The van der Waals surface area contributed by atoms with Crippen molar-refractivity contribution in [2.75, 3.05) is 13.7 Å². The molecule has 4 nitrogen and oxygen atoms in total. The van der Waals surface area contributed by atoms with Crippen molar-refractivity contribution in [3.63, 3.8) is 0 Å². The fourth-order valence-corrected chi connectivity index (χ4v) is 1.09. The van der Waals surface area contributed by atoms with Crippen LogP contribution in [0.1, 0.15) is 15.9 Å². The molecule has 0 aliphatic rings. The number of halogens is 3. The summed E-state index contributed by atoms with van der Waals surface area (Å²) in [7, 11) is 1.20. The van der Waals surface area contributed by atoms with Crippen LogP contribution < -0.4 is 4.74 Å². The molecule has 0 spiro atoms. The van der Waals surface area contributed by atoms with Gasteiger partial charge >= 0.3 is 12.1 Å². The van der Waals surface area contributed by atoms with Gasteiger partial charge in [-0.25, -0.2) is 9.78 Å². The van der Waals surface area contributed by atoms with E-state index in [1.54, 1.807) is 6.92 Å². The van der Waals surface area contributed by atoms with Crippen molar-refractivity contribution in [3.8, 4) is 5.88 Å². The molecular formula is C10H10F3NO3. The zero-order chi connectivity index (χ0) is 13.1. The summed E-state index contributed by atoms with van der Waals surface area (Å²) in [6.45, 7) is 0.130. The van der Waals surface area contributed by atoms with Crippen LogP contribution in [-0.4, -0.2) is 30.8 Å². The van der Waals surface area contributed by atoms with E-state index in [9.17, 15) is 18.0 Å². The predicted octanol–water partition coefficient (Wildman–Crippen LogP) is 2.12. The van der Waals surface area contributed by atoms with Gasteiger partial charge in [-0.05, 0) is 12.5 Å². The van der Waals surface area contributed by atoms with Crippen LogP contribution in [0.15, 0.2) is 12.3 Å². The molecule has 0 saturated heterocycles. The number of pyridine rings is 1. The van der Waals surface area contributed by atoms with Crippen LogP contribution >= 0.6 is 0 Å². The molecule has 7 heteroatoms. The monoisotopic (exact) mass is 249 g/mol. The van der Waals surface area contributed by atoms with E-state index in [0.717, 1.165) is 6.20 Å². The van der Waals surface area contributed by atoms with Crippen molar-refractivity contribution in [2.24, 2.45) is 0 Å². The van der Waals surface area contributed by atoms with E-state index in [-0.39, 0.29) is 11.4 Å². The van der Waals surface area contributed by atoms with Crippen molar-refractivity contribution >= 4 is 5.97 Å². The molecule has 1 heterocycles. The number of carbonyl (C=O) groups is 1. The van der Waals surface area contributed by atoms with Crippen LogP contribution in [0.5, 0.6) is 5.88 Å². The van der Waals surface area contributed by atoms with Crippen molar-refractivity contribution < 1.29 is 27.4 Å². The highest BCUT2D eigenvalue weighted by Crippen LogP contribution is 2.19. The van der Waals surface area contributed by atoms with Gasteiger partial charge in [0, 0.05) is 12.3 Å². The summed E-state index contributed by atoms with van der Waals surface area (Å²) in [6, 6.07) is 1.25. The molecule has 1 aromatic rings. The van der Waals surface area contributed by atoms with E-state index in [1.165, 1.54) is 13.2 Å². The fraction of sp³-hybridized carbons (Fsp3) is 0.400. The zero-order valence-corrected chi connectivity index (χ0v) is 9.17. The smallest absolute Gasteiger partial charge is 0.422 e. The molecule has 0 N–H and O–H groups in total. The first-order valence-electron chi connectivity index (χ1n) is 4.58. The Kier molecular flexibility index (Phi) is 3.93. The Hall–Kier alpha value is -1.79. The van der Waals surface area contributed by atoms with Crippen LogP contribution in [0, 0.1) is 6.92 Å². The van der Waals surface area contributed by atoms with Gasteiger partial charge in [-0.2, -0.15) is 13.2 Å². The molecule has 0 radical (unpaired) electrons. The summed E-state index contributed by atoms with van der Waals surface area (Å²) in [5, 5.41) is 0. The highest BCUT2D eigenvalue weighted by atomic mass is 19.4. The average molecular weight is 249 g/mol. The lowest BCUT2D eigenvalue weighted by Gasteiger charge is -2.09. The number of alkyl halides is 3. The van der Waals surface area contributed by atoms with Gasteiger partial charge in [0.05, 0.1) is 12.7 Å². The SMILES string of the molecule is COC(=O)c1cnc(OCC(F)(F)F)cc1C. The highest BCUT2D eigenvalue weighted by molar-refractivity contribution is 5.90. The van der Waals surface area contributed by atoms with Gasteiger partial charge in [-0.15, -0.1) is 0 Å². The van der Waals surface area contributed by atoms with Crippen LogP contribution in [-0.2, 0) is 4.74 Å². The molecule has 94 valence electrons. The second kappa shape index (κ2) is 5.03. The van der Waals surface area contributed by atoms with Crippen molar-refractivity contribution in [3.05, 3.63) is 23.4 Å². The molecule has 0 aliphatic heterocycles. The second-order valence-electron chi connectivity index (χ2n) is 3.23. The van der Waals surface area contributed by atoms with Crippen LogP contribution in [0.3, 0.4) is 0 Å². The van der Waals surface area contributed by atoms with Gasteiger partial charge in [0.15, 0.2) is 6.61 Å². The minimum atomic E-state index is -4.42. The van der Waals surface area contributed by atoms with Crippen LogP contribution in [0.4, 0.5) is 13.2 Å². The number of aromatic nitrogens is 1. The van der Waals surface area contributed by atoms with E-state index in [1.807, 2.05) is 0 Å². The minimum absolute atomic E-state index is 0.187. The summed E-state index contributed by atoms with van der Waals surface area (Å²) in [5.74, 6) is -0.787. The third kappa shape index (κ3) is 3.93. The molecular weight excluding hydrogens is 239 g/mol. The molecule has 0 aromatic carbocycles. The molecule has 1 rings (SSSR count). The summed E-state index contributed by atoms with van der Waals surface area (Å²) < 4.78 is 44.5. The molecule has 0 unspecified atom stereocenters. The maximum Gasteiger partial charge on any atom is 0.422 e. The Morgan fingerprint density at radius 3 is 2.59 bits per heavy atom. The number of ether oxygens (including phenoxy) is 2. The third-order valence-electron chi connectivity index (χ3n) is 1.87. The van der Waals surface area contributed by atoms with Crippen LogP contribution in [0.2, 0.25) is 0 Å². The van der Waals surface area contributed by atoms with Crippen LogP contribution in [0.25, 0.3) is 0 Å². The molecule has 0 amide bonds. The summed E-state index contributed by atoms with van der Waals surface area (Å²) in [5.41, 5.74) is 0.621. The van der Waals surface area contributed by atoms with E-state index >= 15 is 0 Å². The van der Waals surface area contributed by atoms with E-state index in [0.29, 0.717) is 5.56 Å². The van der Waals surface area contributed by atoms with Gasteiger partial charge in [0.1, 0.15) is 0 Å². The number of rotatable bonds is 3. The molecule has 0 aliphatic carbocycles. The van der Waals surface area contributed by atoms with Gasteiger partial charge in [-0.3, -0.25) is 0 Å². The quantitative estimate of drug-likeness (QED) is 0.770. The largest absolute Gasteiger partial charge is 0.468 e. The molecule has 0 bridgehead atoms. The Morgan fingerprint density at radius 1 is 1.47 bits per heavy atom. The standard InChI is InChI=1S/C10H10F3NO3/c1-6-3-8(17-5-10(11,12)13)14-4-7(6)9(15)16-2/h3-4H,5H2,1-2H3. The van der Waals surface area contributed by atoms with Gasteiger partial charge in [0.25, 0.3) is 0 Å². The van der Waals surface area contributed by atoms with Crippen molar-refractivity contribution in [1.82, 2.24) is 4.98 Å². The normalized spacial score (nSPS) is 11.1. The number of hydrogen-bond acceptors (Lipinski definition) is 4. The zero-order valence-electron chi connectivity index (χ0n) is 9.17. The number of methoxy groups -OCH3 is 1. The lowest BCUT2D eigenvalue weighted by atomic mass is 10.1. The number of esters is 1. The molecule has 17 heavy (non-hydrogen) atoms. The lowest BCUT2D eigenvalue weighted by Crippen LogP contribution is -2.19. The number of carbonyl (C=O) groups excluding carboxylic acids is 1. The van der Waals surface area contributed by atoms with E-state index in [2.05, 4.69) is 14.5 Å². The molecule has 1 aromatic heterocycles. The summed E-state index contributed by atoms with van der Waals surface area (Å²) in [4.78, 5) is 14.8. The Morgan fingerprint density at radius 2 is 2.12 bits per heavy atom. The number of aryl methyl sites for hydroxylation is 1. The first-order valence-corrected chi connectivity index (χ1v) is 4.58. The predicted molar refractivity (Wildman–Crippen MR) is 51.9 cm³/mol. The van der Waals surface area contributed by atoms with Crippen molar-refractivity contribution in [2.45, 2.75) is 13.1 Å². The van der Waals surface area contributed by atoms with Crippen molar-refractivity contribution in [1.29, 1.82) is 0 Å². The number of hydrogen-bond donors (Lipinski definition) is 0. The number of nitrogens with zero attached hydrogens (tertiary/aromatic N) is 1. The Balaban J connectivity index is 2.79. The Labute approximate surface area is 95.4 Å². The first-order chi connectivity index (χ1) is 7.83. The molecule has 0 fully saturated rings. The Bertz CT molecular complexity index is 418. The van der Waals surface area contributed by atoms with E-state index < -0.39 is 18.8 Å². The van der Waals surface area contributed by atoms with Gasteiger partial charge in [-0.1, -0.05) is 0 Å². The third-order valence-corrected chi connectivity index (χ3v) is 1.87. The molecule has 0 atom stereocenters. The minimum Gasteiger partial charge on any atom is -0.468 e. The summed E-state index contributed by atoms with van der Waals surface area (Å²) >= 11 is 0. The topological polar surface area (TPSA) is 48.4 Å². The maximum atomic E-state index is 11.9. The first kappa shape index (κ1) is 13.3. The lowest BCUT2D eigenvalue weighted by molar-refractivity contribution is -0.154. The summed E-state index contributed by atoms with van der Waals surface area (Å²) in [6.07, 6.45) is -3.30. The van der Waals surface area contributed by atoms with Gasteiger partial charge < -0.3 is 9.47 Å². The fourth-order valence-electron chi connectivity index (χ4n) is 1.09. The maximum absolute atomic E-state index is 11.9. The average Bonchev–Trinajstić information content (AvgIpc) is 2.24. The second-order valence-corrected chi connectivity index (χ2v) is 3.23. The molecule has 0 saturated carbocycles. The highest BCUT2D eigenvalue weighted by Gasteiger charge is 2.28. The van der Waals surface area contributed by atoms with Gasteiger partial charge in [0.2, 0.25) is 5.88 Å². The van der Waals surface area contributed by atoms with E-state index in [4.69, 9.17) is 0 Å².